The molecule has 0 saturated heterocycles. The number of nitrogens with zero attached hydrogens (tertiary/aromatic N) is 4. The van der Waals surface area contributed by atoms with Gasteiger partial charge in [0.15, 0.2) is 11.5 Å². The van der Waals surface area contributed by atoms with Gasteiger partial charge in [-0.1, -0.05) is 18.2 Å². The molecule has 176 valence electrons. The molecule has 0 unspecified atom stereocenters. The minimum Gasteiger partial charge on any atom is -0.496 e. The fraction of sp³-hybridized carbons (Fsp3) is 0.292. The average Bonchev–Trinajstić information content (AvgIpc) is 3.29. The van der Waals surface area contributed by atoms with Gasteiger partial charge in [-0.25, -0.2) is 13.1 Å². The molecule has 0 atom stereocenters. The van der Waals surface area contributed by atoms with Crippen LogP contribution in [-0.4, -0.2) is 48.5 Å². The molecule has 0 fully saturated rings. The number of methoxy groups -OCH3 is 1. The van der Waals surface area contributed by atoms with Crippen LogP contribution in [0.5, 0.6) is 11.6 Å². The summed E-state index contributed by atoms with van der Waals surface area (Å²) < 4.78 is 40.7. The van der Waals surface area contributed by atoms with Crippen molar-refractivity contribution in [3.63, 3.8) is 0 Å². The molecule has 4 aromatic rings. The van der Waals surface area contributed by atoms with E-state index in [1.165, 1.54) is 5.56 Å². The second kappa shape index (κ2) is 9.40. The van der Waals surface area contributed by atoms with Crippen LogP contribution in [0.1, 0.15) is 24.0 Å². The van der Waals surface area contributed by atoms with Gasteiger partial charge in [0, 0.05) is 12.6 Å². The van der Waals surface area contributed by atoms with E-state index in [-0.39, 0.29) is 13.2 Å². The number of ether oxygens (including phenoxy) is 2. The summed E-state index contributed by atoms with van der Waals surface area (Å²) in [5.74, 6) is 1.50. The molecule has 0 spiro atoms. The molecule has 1 aliphatic rings. The molecule has 1 aliphatic carbocycles. The highest BCUT2D eigenvalue weighted by Gasteiger charge is 2.18. The molecule has 1 N–H and O–H groups in total. The molecule has 0 amide bonds. The van der Waals surface area contributed by atoms with E-state index < -0.39 is 10.0 Å². The first-order valence-corrected chi connectivity index (χ1v) is 12.6. The number of hydrogen-bond acceptors (Lipinski definition) is 7. The molecule has 34 heavy (non-hydrogen) atoms. The number of benzene rings is 2. The van der Waals surface area contributed by atoms with Crippen molar-refractivity contribution in [3.05, 3.63) is 65.7 Å². The summed E-state index contributed by atoms with van der Waals surface area (Å²) in [5, 5.41) is 12.8. The topological polar surface area (TPSA) is 108 Å². The number of nitrogens with one attached hydrogen (secondary N) is 1. The number of rotatable bonds is 8. The third-order valence-corrected chi connectivity index (χ3v) is 7.32. The quantitative estimate of drug-likeness (QED) is 0.387. The van der Waals surface area contributed by atoms with Crippen molar-refractivity contribution in [2.24, 2.45) is 0 Å². The average molecular weight is 480 g/mol. The molecule has 0 radical (unpaired) electrons. The number of sulfonamides is 1. The Balaban J connectivity index is 1.26. The Bertz CT molecular complexity index is 1430. The molecular formula is C24H25N5O4S. The van der Waals surface area contributed by atoms with E-state index in [1.807, 2.05) is 30.3 Å². The van der Waals surface area contributed by atoms with Gasteiger partial charge in [-0.15, -0.1) is 15.3 Å². The second-order valence-electron chi connectivity index (χ2n) is 8.05. The fourth-order valence-corrected chi connectivity index (χ4v) is 5.20. The zero-order valence-electron chi connectivity index (χ0n) is 18.8. The number of para-hydroxylation sites is 1. The Morgan fingerprint density at radius 2 is 1.82 bits per heavy atom. The van der Waals surface area contributed by atoms with Gasteiger partial charge < -0.3 is 9.47 Å². The fourth-order valence-electron chi connectivity index (χ4n) is 4.14. The van der Waals surface area contributed by atoms with E-state index >= 15 is 0 Å². The Kier molecular flexibility index (Phi) is 6.16. The summed E-state index contributed by atoms with van der Waals surface area (Å²) in [6.07, 6.45) is 4.19. The minimum absolute atomic E-state index is 0.112. The summed E-state index contributed by atoms with van der Waals surface area (Å²) in [6.45, 7) is 0.232. The Hall–Kier alpha value is -3.50. The van der Waals surface area contributed by atoms with Crippen LogP contribution in [0.2, 0.25) is 0 Å². The molecule has 0 aliphatic heterocycles. The van der Waals surface area contributed by atoms with E-state index in [0.29, 0.717) is 28.0 Å². The van der Waals surface area contributed by atoms with Gasteiger partial charge in [0.2, 0.25) is 15.9 Å². The van der Waals surface area contributed by atoms with Crippen molar-refractivity contribution in [2.75, 3.05) is 20.3 Å². The summed E-state index contributed by atoms with van der Waals surface area (Å²) in [4.78, 5) is 0.290. The zero-order chi connectivity index (χ0) is 23.5. The number of hydrogen-bond donors (Lipinski definition) is 1. The van der Waals surface area contributed by atoms with Gasteiger partial charge >= 0.3 is 0 Å². The maximum Gasteiger partial charge on any atom is 0.240 e. The number of aryl methyl sites for hydroxylation is 2. The van der Waals surface area contributed by atoms with Crippen LogP contribution in [0.3, 0.4) is 0 Å². The van der Waals surface area contributed by atoms with Crippen molar-refractivity contribution in [1.82, 2.24) is 24.5 Å². The van der Waals surface area contributed by atoms with Crippen molar-refractivity contribution in [3.8, 4) is 23.0 Å². The van der Waals surface area contributed by atoms with Crippen molar-refractivity contribution in [2.45, 2.75) is 30.6 Å². The highest BCUT2D eigenvalue weighted by molar-refractivity contribution is 7.89. The van der Waals surface area contributed by atoms with Gasteiger partial charge in [0.25, 0.3) is 0 Å². The lowest BCUT2D eigenvalue weighted by atomic mass is 9.92. The SMILES string of the molecule is COc1ccccc1-c1nnc2ccc(OCCNS(=O)(=O)c3ccc4c(c3)CCCC4)nn12. The van der Waals surface area contributed by atoms with E-state index in [2.05, 4.69) is 20.0 Å². The van der Waals surface area contributed by atoms with Gasteiger partial charge in [0.1, 0.15) is 12.4 Å². The molecule has 2 aromatic carbocycles. The van der Waals surface area contributed by atoms with Crippen LogP contribution in [0.25, 0.3) is 17.0 Å². The van der Waals surface area contributed by atoms with E-state index in [1.54, 1.807) is 35.9 Å². The molecule has 2 aromatic heterocycles. The first kappa shape index (κ1) is 22.3. The van der Waals surface area contributed by atoms with Crippen LogP contribution >= 0.6 is 0 Å². The minimum atomic E-state index is -3.61. The standard InChI is InChI=1S/C24H25N5O4S/c1-32-21-9-5-4-8-20(21)24-27-26-22-12-13-23(28-29(22)24)33-15-14-25-34(30,31)19-11-10-17-6-2-3-7-18(17)16-19/h4-5,8-13,16,25H,2-3,6-7,14-15H2,1H3. The van der Waals surface area contributed by atoms with E-state index in [0.717, 1.165) is 36.8 Å². The van der Waals surface area contributed by atoms with Crippen LogP contribution in [0.4, 0.5) is 0 Å². The highest BCUT2D eigenvalue weighted by atomic mass is 32.2. The Morgan fingerprint density at radius 3 is 2.68 bits per heavy atom. The zero-order valence-corrected chi connectivity index (χ0v) is 19.6. The first-order valence-electron chi connectivity index (χ1n) is 11.2. The van der Waals surface area contributed by atoms with Crippen molar-refractivity contribution < 1.29 is 17.9 Å². The largest absolute Gasteiger partial charge is 0.496 e. The molecule has 9 nitrogen and oxygen atoms in total. The van der Waals surface area contributed by atoms with Gasteiger partial charge in [0.05, 0.1) is 17.6 Å². The number of fused-ring (bicyclic) bond motifs is 2. The van der Waals surface area contributed by atoms with Crippen LogP contribution in [0, 0.1) is 0 Å². The molecule has 0 bridgehead atoms. The predicted octanol–water partition coefficient (Wildman–Crippen LogP) is 3.04. The van der Waals surface area contributed by atoms with Crippen LogP contribution in [0.15, 0.2) is 59.5 Å². The van der Waals surface area contributed by atoms with E-state index in [9.17, 15) is 8.42 Å². The smallest absolute Gasteiger partial charge is 0.240 e. The highest BCUT2D eigenvalue weighted by Crippen LogP contribution is 2.28. The monoisotopic (exact) mass is 479 g/mol. The predicted molar refractivity (Wildman–Crippen MR) is 127 cm³/mol. The number of aromatic nitrogens is 4. The lowest BCUT2D eigenvalue weighted by Gasteiger charge is -2.16. The molecular weight excluding hydrogens is 454 g/mol. The Morgan fingerprint density at radius 1 is 1.00 bits per heavy atom. The maximum absolute atomic E-state index is 12.7. The molecule has 10 heteroatoms. The summed E-state index contributed by atoms with van der Waals surface area (Å²) in [7, 11) is -2.02. The molecule has 0 saturated carbocycles. The lowest BCUT2D eigenvalue weighted by Crippen LogP contribution is -2.28. The maximum atomic E-state index is 12.7. The molecule has 2 heterocycles. The molecule has 5 rings (SSSR count). The normalized spacial score (nSPS) is 13.6. The Labute approximate surface area is 197 Å². The van der Waals surface area contributed by atoms with Gasteiger partial charge in [-0.2, -0.15) is 4.52 Å². The third kappa shape index (κ3) is 4.46. The van der Waals surface area contributed by atoms with Crippen molar-refractivity contribution >= 4 is 15.7 Å². The van der Waals surface area contributed by atoms with Crippen LogP contribution in [-0.2, 0) is 22.9 Å². The first-order chi connectivity index (χ1) is 16.5. The van der Waals surface area contributed by atoms with Crippen LogP contribution < -0.4 is 14.2 Å². The lowest BCUT2D eigenvalue weighted by molar-refractivity contribution is 0.306. The van der Waals surface area contributed by atoms with Gasteiger partial charge in [-0.05, 0) is 67.1 Å². The summed E-state index contributed by atoms with van der Waals surface area (Å²) in [6, 6.07) is 16.3. The third-order valence-electron chi connectivity index (χ3n) is 5.86. The summed E-state index contributed by atoms with van der Waals surface area (Å²) in [5.41, 5.74) is 3.68. The second-order valence-corrected chi connectivity index (χ2v) is 9.82. The van der Waals surface area contributed by atoms with Crippen molar-refractivity contribution in [1.29, 1.82) is 0 Å². The van der Waals surface area contributed by atoms with Gasteiger partial charge in [-0.3, -0.25) is 0 Å². The van der Waals surface area contributed by atoms with E-state index in [4.69, 9.17) is 9.47 Å². The summed E-state index contributed by atoms with van der Waals surface area (Å²) >= 11 is 0.